The van der Waals surface area contributed by atoms with Crippen molar-refractivity contribution in [2.24, 2.45) is 0 Å². The van der Waals surface area contributed by atoms with E-state index in [1.807, 2.05) is 30.3 Å². The Bertz CT molecular complexity index is 1360. The van der Waals surface area contributed by atoms with E-state index < -0.39 is 28.6 Å². The Morgan fingerprint density at radius 1 is 1.17 bits per heavy atom. The van der Waals surface area contributed by atoms with Crippen molar-refractivity contribution in [2.75, 3.05) is 6.61 Å². The minimum Gasteiger partial charge on any atom is -0.481 e. The van der Waals surface area contributed by atoms with Crippen LogP contribution in [0.15, 0.2) is 53.5 Å². The van der Waals surface area contributed by atoms with E-state index in [9.17, 15) is 19.5 Å². The molecule has 5 rings (SSSR count). The lowest BCUT2D eigenvalue weighted by Gasteiger charge is -2.44. The van der Waals surface area contributed by atoms with E-state index in [1.165, 1.54) is 12.3 Å². The predicted octanol–water partition coefficient (Wildman–Crippen LogP) is 4.35. The highest BCUT2D eigenvalue weighted by Crippen LogP contribution is 2.48. The summed E-state index contributed by atoms with van der Waals surface area (Å²) in [5, 5.41) is 10.1. The number of aromatic nitrogens is 1. The first kappa shape index (κ1) is 23.2. The number of benzene rings is 2. The van der Waals surface area contributed by atoms with Crippen molar-refractivity contribution in [3.63, 3.8) is 0 Å². The lowest BCUT2D eigenvalue weighted by atomic mass is 9.62. The monoisotopic (exact) mass is 479 g/mol. The SMILES string of the molecule is CCOC(=O)c1cn(C2CC2)c2cc(C3(C(=O)O)CC(OCc4ccccc4)C3)c(F)cc2c1=O. The molecule has 2 aliphatic carbocycles. The number of nitrogens with zero attached hydrogens (tertiary/aromatic N) is 1. The number of pyridine rings is 1. The Kier molecular flexibility index (Phi) is 5.92. The number of carbonyl (C=O) groups is 2. The van der Waals surface area contributed by atoms with Gasteiger partial charge in [-0.2, -0.15) is 0 Å². The highest BCUT2D eigenvalue weighted by molar-refractivity contribution is 5.94. The maximum atomic E-state index is 15.4. The Labute approximate surface area is 201 Å². The van der Waals surface area contributed by atoms with Crippen molar-refractivity contribution in [3.8, 4) is 0 Å². The van der Waals surface area contributed by atoms with Crippen molar-refractivity contribution < 1.29 is 28.6 Å². The lowest BCUT2D eigenvalue weighted by Crippen LogP contribution is -2.52. The number of carboxylic acids is 1. The van der Waals surface area contributed by atoms with Crippen LogP contribution < -0.4 is 5.43 Å². The molecule has 0 atom stereocenters. The molecule has 3 aromatic rings. The van der Waals surface area contributed by atoms with E-state index in [-0.39, 0.29) is 48.1 Å². The molecule has 0 amide bonds. The minimum atomic E-state index is -1.44. The second-order valence-corrected chi connectivity index (χ2v) is 9.29. The zero-order valence-corrected chi connectivity index (χ0v) is 19.3. The van der Waals surface area contributed by atoms with Crippen LogP contribution in [0.2, 0.25) is 0 Å². The van der Waals surface area contributed by atoms with Gasteiger partial charge in [0.1, 0.15) is 16.8 Å². The standard InChI is InChI=1S/C27H26FNO6/c1-2-34-25(31)20-14-29(17-8-9-17)23-11-21(22(28)10-19(23)24(20)30)27(26(32)33)12-18(13-27)35-15-16-6-4-3-5-7-16/h3-7,10-11,14,17-18H,2,8-9,12-13,15H2,1H3,(H,32,33). The summed E-state index contributed by atoms with van der Waals surface area (Å²) in [5.74, 6) is -2.65. The normalized spacial score (nSPS) is 21.5. The topological polar surface area (TPSA) is 94.8 Å². The molecule has 182 valence electrons. The van der Waals surface area contributed by atoms with Crippen LogP contribution in [0, 0.1) is 5.82 Å². The number of aliphatic carboxylic acids is 1. The molecule has 0 aliphatic heterocycles. The molecule has 0 unspecified atom stereocenters. The summed E-state index contributed by atoms with van der Waals surface area (Å²) in [5.41, 5.74) is -0.773. The number of hydrogen-bond acceptors (Lipinski definition) is 5. The molecule has 1 aromatic heterocycles. The van der Waals surface area contributed by atoms with E-state index in [0.717, 1.165) is 24.5 Å². The third-order valence-electron chi connectivity index (χ3n) is 6.96. The fraction of sp³-hybridized carbons (Fsp3) is 0.370. The highest BCUT2D eigenvalue weighted by Gasteiger charge is 2.54. The molecule has 2 aromatic carbocycles. The first-order chi connectivity index (χ1) is 16.8. The van der Waals surface area contributed by atoms with Gasteiger partial charge in [0, 0.05) is 23.2 Å². The summed E-state index contributed by atoms with van der Waals surface area (Å²) >= 11 is 0. The van der Waals surface area contributed by atoms with E-state index in [2.05, 4.69) is 0 Å². The molecule has 7 nitrogen and oxygen atoms in total. The van der Waals surface area contributed by atoms with Crippen LogP contribution in [0.1, 0.15) is 60.1 Å². The molecule has 1 N–H and O–H groups in total. The molecule has 8 heteroatoms. The highest BCUT2D eigenvalue weighted by atomic mass is 19.1. The summed E-state index contributed by atoms with van der Waals surface area (Å²) in [7, 11) is 0. The first-order valence-corrected chi connectivity index (χ1v) is 11.8. The molecule has 1 heterocycles. The molecule has 0 bridgehead atoms. The molecular formula is C27H26FNO6. The maximum Gasteiger partial charge on any atom is 0.343 e. The number of carboxylic acid groups (broad SMARTS) is 1. The molecular weight excluding hydrogens is 453 g/mol. The van der Waals surface area contributed by atoms with Gasteiger partial charge in [-0.25, -0.2) is 9.18 Å². The van der Waals surface area contributed by atoms with E-state index >= 15 is 4.39 Å². The van der Waals surface area contributed by atoms with Gasteiger partial charge in [0.15, 0.2) is 0 Å². The van der Waals surface area contributed by atoms with Crippen molar-refractivity contribution in [3.05, 3.63) is 81.4 Å². The molecule has 0 saturated heterocycles. The van der Waals surface area contributed by atoms with Crippen LogP contribution in [0.3, 0.4) is 0 Å². The van der Waals surface area contributed by atoms with Crippen LogP contribution in [-0.4, -0.2) is 34.3 Å². The van der Waals surface area contributed by atoms with E-state index in [4.69, 9.17) is 9.47 Å². The fourth-order valence-electron chi connectivity index (χ4n) is 4.88. The third kappa shape index (κ3) is 4.12. The van der Waals surface area contributed by atoms with Crippen LogP contribution >= 0.6 is 0 Å². The number of ether oxygens (including phenoxy) is 2. The Morgan fingerprint density at radius 3 is 2.51 bits per heavy atom. The summed E-state index contributed by atoms with van der Waals surface area (Å²) in [6.07, 6.45) is 3.11. The average Bonchev–Trinajstić information content (AvgIpc) is 3.65. The van der Waals surface area contributed by atoms with Gasteiger partial charge in [0.25, 0.3) is 0 Å². The second kappa shape index (κ2) is 8.92. The smallest absolute Gasteiger partial charge is 0.343 e. The van der Waals surface area contributed by atoms with Gasteiger partial charge >= 0.3 is 11.9 Å². The summed E-state index contributed by atoms with van der Waals surface area (Å²) in [6.45, 7) is 2.10. The first-order valence-electron chi connectivity index (χ1n) is 11.8. The van der Waals surface area contributed by atoms with Crippen LogP contribution in [0.5, 0.6) is 0 Å². The number of rotatable bonds is 8. The van der Waals surface area contributed by atoms with Crippen LogP contribution in [0.4, 0.5) is 4.39 Å². The molecule has 2 aliphatic rings. The van der Waals surface area contributed by atoms with Crippen LogP contribution in [0.25, 0.3) is 10.9 Å². The third-order valence-corrected chi connectivity index (χ3v) is 6.96. The van der Waals surface area contributed by atoms with Crippen molar-refractivity contribution in [2.45, 2.75) is 56.8 Å². The predicted molar refractivity (Wildman–Crippen MR) is 126 cm³/mol. The quantitative estimate of drug-likeness (QED) is 0.483. The second-order valence-electron chi connectivity index (χ2n) is 9.29. The zero-order chi connectivity index (χ0) is 24.7. The van der Waals surface area contributed by atoms with Gasteiger partial charge in [0.05, 0.1) is 24.8 Å². The Hall–Kier alpha value is -3.52. The summed E-state index contributed by atoms with van der Waals surface area (Å²) < 4.78 is 28.1. The van der Waals surface area contributed by atoms with Crippen molar-refractivity contribution >= 4 is 22.8 Å². The van der Waals surface area contributed by atoms with E-state index in [0.29, 0.717) is 12.1 Å². The number of carbonyl (C=O) groups excluding carboxylic acids is 1. The molecule has 2 saturated carbocycles. The Morgan fingerprint density at radius 2 is 1.89 bits per heavy atom. The van der Waals surface area contributed by atoms with Gasteiger partial charge in [-0.15, -0.1) is 0 Å². The molecule has 0 spiro atoms. The number of fused-ring (bicyclic) bond motifs is 1. The van der Waals surface area contributed by atoms with Crippen LogP contribution in [-0.2, 0) is 26.3 Å². The average molecular weight is 480 g/mol. The number of esters is 1. The molecule has 35 heavy (non-hydrogen) atoms. The molecule has 0 radical (unpaired) electrons. The lowest BCUT2D eigenvalue weighted by molar-refractivity contribution is -0.156. The number of halogens is 1. The zero-order valence-electron chi connectivity index (χ0n) is 19.3. The minimum absolute atomic E-state index is 0.0368. The Balaban J connectivity index is 1.51. The van der Waals surface area contributed by atoms with Gasteiger partial charge in [-0.1, -0.05) is 30.3 Å². The van der Waals surface area contributed by atoms with Crippen molar-refractivity contribution in [1.29, 1.82) is 0 Å². The maximum absolute atomic E-state index is 15.4. The number of hydrogen-bond donors (Lipinski definition) is 1. The van der Waals surface area contributed by atoms with Gasteiger partial charge in [-0.05, 0) is 50.3 Å². The van der Waals surface area contributed by atoms with Crippen molar-refractivity contribution in [1.82, 2.24) is 4.57 Å². The van der Waals surface area contributed by atoms with Gasteiger partial charge in [-0.3, -0.25) is 9.59 Å². The fourth-order valence-corrected chi connectivity index (χ4v) is 4.88. The largest absolute Gasteiger partial charge is 0.481 e. The molecule has 2 fully saturated rings. The summed E-state index contributed by atoms with van der Waals surface area (Å²) in [4.78, 5) is 37.7. The van der Waals surface area contributed by atoms with Gasteiger partial charge < -0.3 is 19.1 Å². The van der Waals surface area contributed by atoms with Gasteiger partial charge in [0.2, 0.25) is 5.43 Å². The summed E-state index contributed by atoms with van der Waals surface area (Å²) in [6, 6.07) is 12.2. The van der Waals surface area contributed by atoms with E-state index in [1.54, 1.807) is 11.5 Å².